The van der Waals surface area contributed by atoms with Crippen molar-refractivity contribution in [1.29, 1.82) is 0 Å². The number of ketones is 1. The lowest BCUT2D eigenvalue weighted by Crippen LogP contribution is -2.42. The van der Waals surface area contributed by atoms with E-state index in [0.29, 0.717) is 12.1 Å². The van der Waals surface area contributed by atoms with E-state index in [1.54, 1.807) is 0 Å². The van der Waals surface area contributed by atoms with Gasteiger partial charge in [0.1, 0.15) is 0 Å². The molecule has 1 aliphatic rings. The molecule has 0 bridgehead atoms. The van der Waals surface area contributed by atoms with Gasteiger partial charge in [-0.3, -0.25) is 14.5 Å². The van der Waals surface area contributed by atoms with Crippen LogP contribution in [0.5, 0.6) is 0 Å². The quantitative estimate of drug-likeness (QED) is 0.657. The van der Waals surface area contributed by atoms with Gasteiger partial charge in [-0.25, -0.2) is 0 Å². The highest BCUT2D eigenvalue weighted by Crippen LogP contribution is 2.22. The number of nitrogens with zero attached hydrogens (tertiary/aromatic N) is 1. The SMILES string of the molecule is Cc1[nH]c2ccccc2c1C(=O)C(=O)NCC(C)N1CCCC1. The first-order valence-corrected chi connectivity index (χ1v) is 8.22. The van der Waals surface area contributed by atoms with Crippen LogP contribution in [-0.4, -0.2) is 47.3 Å². The predicted octanol–water partition coefficient (Wildman–Crippen LogP) is 2.26. The molecule has 1 unspecified atom stereocenters. The summed E-state index contributed by atoms with van der Waals surface area (Å²) in [6, 6.07) is 7.82. The van der Waals surface area contributed by atoms with Crippen LogP contribution in [0.4, 0.5) is 0 Å². The average molecular weight is 313 g/mol. The van der Waals surface area contributed by atoms with Gasteiger partial charge in [0.05, 0.1) is 5.56 Å². The van der Waals surface area contributed by atoms with E-state index in [2.05, 4.69) is 22.1 Å². The molecule has 2 N–H and O–H groups in total. The monoisotopic (exact) mass is 313 g/mol. The van der Waals surface area contributed by atoms with Gasteiger partial charge in [-0.05, 0) is 45.8 Å². The number of aromatic nitrogens is 1. The summed E-state index contributed by atoms with van der Waals surface area (Å²) in [5.41, 5.74) is 2.09. The Kier molecular flexibility index (Phi) is 4.48. The molecule has 0 aliphatic carbocycles. The van der Waals surface area contributed by atoms with E-state index < -0.39 is 11.7 Å². The lowest BCUT2D eigenvalue weighted by molar-refractivity contribution is -0.117. The number of para-hydroxylation sites is 1. The molecular weight excluding hydrogens is 290 g/mol. The molecule has 1 aromatic carbocycles. The van der Waals surface area contributed by atoms with E-state index in [9.17, 15) is 9.59 Å². The second-order valence-electron chi connectivity index (χ2n) is 6.30. The van der Waals surface area contributed by atoms with E-state index >= 15 is 0 Å². The van der Waals surface area contributed by atoms with Crippen LogP contribution in [0.15, 0.2) is 24.3 Å². The highest BCUT2D eigenvalue weighted by molar-refractivity contribution is 6.45. The molecule has 5 heteroatoms. The maximum Gasteiger partial charge on any atom is 0.292 e. The molecule has 0 spiro atoms. The lowest BCUT2D eigenvalue weighted by atomic mass is 10.1. The minimum atomic E-state index is -0.524. The number of rotatable bonds is 5. The number of benzene rings is 1. The van der Waals surface area contributed by atoms with Crippen molar-refractivity contribution in [2.24, 2.45) is 0 Å². The number of amides is 1. The Bertz CT molecular complexity index is 729. The standard InChI is InChI=1S/C18H23N3O2/c1-12(21-9-5-6-10-21)11-19-18(23)17(22)16-13(2)20-15-8-4-3-7-14(15)16/h3-4,7-8,12,20H,5-6,9-11H2,1-2H3,(H,19,23). The number of aryl methyl sites for hydroxylation is 1. The maximum atomic E-state index is 12.5. The van der Waals surface area contributed by atoms with Crippen LogP contribution in [0.2, 0.25) is 0 Å². The first-order chi connectivity index (χ1) is 11.1. The van der Waals surface area contributed by atoms with E-state index in [-0.39, 0.29) is 6.04 Å². The van der Waals surface area contributed by atoms with Crippen LogP contribution in [0.3, 0.4) is 0 Å². The van der Waals surface area contributed by atoms with Gasteiger partial charge in [0.2, 0.25) is 0 Å². The molecule has 3 rings (SSSR count). The fraction of sp³-hybridized carbons (Fsp3) is 0.444. The van der Waals surface area contributed by atoms with Gasteiger partial charge in [-0.1, -0.05) is 18.2 Å². The van der Waals surface area contributed by atoms with Crippen LogP contribution in [-0.2, 0) is 4.79 Å². The van der Waals surface area contributed by atoms with Gasteiger partial charge in [0, 0.05) is 29.2 Å². The molecule has 1 amide bonds. The van der Waals surface area contributed by atoms with Crippen molar-refractivity contribution in [3.8, 4) is 0 Å². The Hall–Kier alpha value is -2.14. The van der Waals surface area contributed by atoms with Crippen molar-refractivity contribution in [1.82, 2.24) is 15.2 Å². The van der Waals surface area contributed by atoms with Crippen molar-refractivity contribution < 1.29 is 9.59 Å². The van der Waals surface area contributed by atoms with Crippen molar-refractivity contribution in [2.75, 3.05) is 19.6 Å². The third-order valence-electron chi connectivity index (χ3n) is 4.65. The Balaban J connectivity index is 1.69. The average Bonchev–Trinajstić information content (AvgIpc) is 3.18. The largest absolute Gasteiger partial charge is 0.358 e. The lowest BCUT2D eigenvalue weighted by Gasteiger charge is -2.23. The summed E-state index contributed by atoms with van der Waals surface area (Å²) in [4.78, 5) is 30.3. The van der Waals surface area contributed by atoms with Gasteiger partial charge in [-0.15, -0.1) is 0 Å². The van der Waals surface area contributed by atoms with Gasteiger partial charge >= 0.3 is 0 Å². The van der Waals surface area contributed by atoms with Gasteiger partial charge < -0.3 is 10.3 Å². The van der Waals surface area contributed by atoms with Gasteiger partial charge in [0.15, 0.2) is 0 Å². The summed E-state index contributed by atoms with van der Waals surface area (Å²) in [5, 5.41) is 3.60. The van der Waals surface area contributed by atoms with Crippen molar-refractivity contribution in [3.05, 3.63) is 35.5 Å². The molecule has 1 saturated heterocycles. The van der Waals surface area contributed by atoms with Gasteiger partial charge in [-0.2, -0.15) is 0 Å². The third kappa shape index (κ3) is 3.15. The van der Waals surface area contributed by atoms with E-state index in [1.165, 1.54) is 12.8 Å². The van der Waals surface area contributed by atoms with Crippen LogP contribution in [0.1, 0.15) is 35.8 Å². The highest BCUT2D eigenvalue weighted by atomic mass is 16.2. The molecule has 23 heavy (non-hydrogen) atoms. The molecule has 1 atom stereocenters. The van der Waals surface area contributed by atoms with E-state index in [0.717, 1.165) is 29.7 Å². The summed E-state index contributed by atoms with van der Waals surface area (Å²) in [7, 11) is 0. The fourth-order valence-electron chi connectivity index (χ4n) is 3.31. The minimum absolute atomic E-state index is 0.262. The fourth-order valence-corrected chi connectivity index (χ4v) is 3.31. The van der Waals surface area contributed by atoms with Crippen molar-refractivity contribution >= 4 is 22.6 Å². The van der Waals surface area contributed by atoms with Crippen LogP contribution in [0.25, 0.3) is 10.9 Å². The van der Waals surface area contributed by atoms with E-state index in [4.69, 9.17) is 0 Å². The number of H-pyrrole nitrogens is 1. The van der Waals surface area contributed by atoms with Crippen LogP contribution < -0.4 is 5.32 Å². The molecule has 2 heterocycles. The Morgan fingerprint density at radius 1 is 1.26 bits per heavy atom. The zero-order chi connectivity index (χ0) is 16.4. The molecule has 5 nitrogen and oxygen atoms in total. The summed E-state index contributed by atoms with van der Waals surface area (Å²) in [6.45, 7) is 6.57. The summed E-state index contributed by atoms with van der Waals surface area (Å²) in [6.07, 6.45) is 2.43. The topological polar surface area (TPSA) is 65.2 Å². The molecule has 122 valence electrons. The number of fused-ring (bicyclic) bond motifs is 1. The first kappa shape index (κ1) is 15.7. The number of hydrogen-bond acceptors (Lipinski definition) is 3. The number of hydrogen-bond donors (Lipinski definition) is 2. The second-order valence-corrected chi connectivity index (χ2v) is 6.30. The number of likely N-dealkylation sites (tertiary alicyclic amines) is 1. The summed E-state index contributed by atoms with van der Waals surface area (Å²) >= 11 is 0. The smallest absolute Gasteiger partial charge is 0.292 e. The minimum Gasteiger partial charge on any atom is -0.358 e. The molecule has 1 aromatic heterocycles. The van der Waals surface area contributed by atoms with E-state index in [1.807, 2.05) is 31.2 Å². The molecule has 0 radical (unpaired) electrons. The van der Waals surface area contributed by atoms with Gasteiger partial charge in [0.25, 0.3) is 11.7 Å². The Labute approximate surface area is 136 Å². The Morgan fingerprint density at radius 3 is 2.70 bits per heavy atom. The first-order valence-electron chi connectivity index (χ1n) is 8.22. The molecule has 1 fully saturated rings. The molecule has 1 aliphatic heterocycles. The number of carbonyl (C=O) groups is 2. The molecular formula is C18H23N3O2. The number of Topliss-reactive ketones (excluding diaryl/α,β-unsaturated/α-hetero) is 1. The highest BCUT2D eigenvalue weighted by Gasteiger charge is 2.24. The zero-order valence-corrected chi connectivity index (χ0v) is 13.7. The molecule has 0 saturated carbocycles. The second kappa shape index (κ2) is 6.54. The van der Waals surface area contributed by atoms with Crippen molar-refractivity contribution in [2.45, 2.75) is 32.7 Å². The third-order valence-corrected chi connectivity index (χ3v) is 4.65. The number of aromatic amines is 1. The predicted molar refractivity (Wildman–Crippen MR) is 90.6 cm³/mol. The van der Waals surface area contributed by atoms with Crippen molar-refractivity contribution in [3.63, 3.8) is 0 Å². The Morgan fingerprint density at radius 2 is 1.96 bits per heavy atom. The zero-order valence-electron chi connectivity index (χ0n) is 13.7. The number of nitrogens with one attached hydrogen (secondary N) is 2. The van der Waals surface area contributed by atoms with Crippen LogP contribution in [0, 0.1) is 6.92 Å². The molecule has 2 aromatic rings. The van der Waals surface area contributed by atoms with Crippen LogP contribution >= 0.6 is 0 Å². The number of carbonyl (C=O) groups excluding carboxylic acids is 2. The normalized spacial score (nSPS) is 16.6. The summed E-state index contributed by atoms with van der Waals surface area (Å²) in [5.74, 6) is -0.988. The maximum absolute atomic E-state index is 12.5. The summed E-state index contributed by atoms with van der Waals surface area (Å²) < 4.78 is 0.